The lowest BCUT2D eigenvalue weighted by Crippen LogP contribution is -2.45. The summed E-state index contributed by atoms with van der Waals surface area (Å²) in [7, 11) is 3.40. The van der Waals surface area contributed by atoms with Gasteiger partial charge in [0.15, 0.2) is 0 Å². The molecule has 0 radical (unpaired) electrons. The molecule has 0 unspecified atom stereocenters. The van der Waals surface area contributed by atoms with Crippen molar-refractivity contribution in [1.29, 1.82) is 0 Å². The summed E-state index contributed by atoms with van der Waals surface area (Å²) >= 11 is 0. The normalized spacial score (nSPS) is 18.2. The molecule has 2 aromatic carbocycles. The van der Waals surface area contributed by atoms with Crippen LogP contribution in [0.3, 0.4) is 0 Å². The van der Waals surface area contributed by atoms with Gasteiger partial charge in [0, 0.05) is 32.8 Å². The molecule has 9 nitrogen and oxygen atoms in total. The van der Waals surface area contributed by atoms with Crippen molar-refractivity contribution in [3.63, 3.8) is 0 Å². The van der Waals surface area contributed by atoms with Crippen LogP contribution in [0, 0.1) is 5.92 Å². The molecule has 3 aromatic rings. The van der Waals surface area contributed by atoms with Crippen molar-refractivity contribution in [1.82, 2.24) is 20.0 Å². The van der Waals surface area contributed by atoms with Gasteiger partial charge in [0.25, 0.3) is 11.8 Å². The number of anilines is 1. The highest BCUT2D eigenvalue weighted by Gasteiger charge is 2.42. The van der Waals surface area contributed by atoms with Crippen molar-refractivity contribution in [2.24, 2.45) is 5.92 Å². The standard InChI is InChI=1S/C31H37N5O4/c1-20(24-17-25(33-32-24)21-11-7-6-8-12-21)34(4)28(37)22-13-10-16-35(18-22)26-15-9-14-23-27(26)30(39)36(29(23)38)19-31(2,3)40-5/h6-9,11-12,14-15,17,20,22H,10,13,16,18-19H2,1-5H3,(H,32,33)/t20-,22-/m0/s1. The van der Waals surface area contributed by atoms with Gasteiger partial charge in [-0.1, -0.05) is 36.4 Å². The Labute approximate surface area is 235 Å². The Morgan fingerprint density at radius 2 is 1.90 bits per heavy atom. The number of nitrogens with one attached hydrogen (secondary N) is 1. The van der Waals surface area contributed by atoms with E-state index in [2.05, 4.69) is 15.1 Å². The van der Waals surface area contributed by atoms with Crippen molar-refractivity contribution in [3.8, 4) is 11.3 Å². The number of aromatic amines is 1. The molecule has 0 saturated carbocycles. The van der Waals surface area contributed by atoms with E-state index in [0.717, 1.165) is 29.8 Å². The summed E-state index contributed by atoms with van der Waals surface area (Å²) in [5.41, 5.74) is 3.60. The van der Waals surface area contributed by atoms with Crippen molar-refractivity contribution >= 4 is 23.4 Å². The molecule has 0 aliphatic carbocycles. The molecule has 1 fully saturated rings. The van der Waals surface area contributed by atoms with Crippen LogP contribution >= 0.6 is 0 Å². The zero-order chi connectivity index (χ0) is 28.6. The monoisotopic (exact) mass is 543 g/mol. The fourth-order valence-electron chi connectivity index (χ4n) is 5.56. The fraction of sp³-hybridized carbons (Fsp3) is 0.419. The third-order valence-corrected chi connectivity index (χ3v) is 8.23. The summed E-state index contributed by atoms with van der Waals surface area (Å²) in [4.78, 5) is 45.5. The number of H-pyrrole nitrogens is 1. The van der Waals surface area contributed by atoms with Crippen LogP contribution in [-0.2, 0) is 9.53 Å². The molecule has 210 valence electrons. The van der Waals surface area contributed by atoms with E-state index in [9.17, 15) is 14.4 Å². The number of piperidine rings is 1. The van der Waals surface area contributed by atoms with Gasteiger partial charge >= 0.3 is 0 Å². The van der Waals surface area contributed by atoms with Crippen LogP contribution in [0.5, 0.6) is 0 Å². The molecular weight excluding hydrogens is 506 g/mol. The molecule has 3 amide bonds. The van der Waals surface area contributed by atoms with Crippen molar-refractivity contribution in [3.05, 3.63) is 71.4 Å². The first-order valence-electron chi connectivity index (χ1n) is 13.8. The first kappa shape index (κ1) is 27.6. The second-order valence-electron chi connectivity index (χ2n) is 11.3. The maximum absolute atomic E-state index is 13.7. The molecule has 0 bridgehead atoms. The van der Waals surface area contributed by atoms with E-state index in [1.165, 1.54) is 4.90 Å². The number of fused-ring (bicyclic) bond motifs is 1. The van der Waals surface area contributed by atoms with E-state index in [4.69, 9.17) is 4.74 Å². The Hall–Kier alpha value is -3.98. The quantitative estimate of drug-likeness (QED) is 0.419. The molecule has 1 N–H and O–H groups in total. The van der Waals surface area contributed by atoms with Gasteiger partial charge in [0.2, 0.25) is 5.91 Å². The number of benzene rings is 2. The number of rotatable bonds is 8. The smallest absolute Gasteiger partial charge is 0.263 e. The van der Waals surface area contributed by atoms with Crippen LogP contribution in [0.25, 0.3) is 11.3 Å². The lowest BCUT2D eigenvalue weighted by molar-refractivity contribution is -0.136. The van der Waals surface area contributed by atoms with Crippen LogP contribution in [0.15, 0.2) is 54.6 Å². The number of carbonyl (C=O) groups is 3. The van der Waals surface area contributed by atoms with Crippen LogP contribution in [0.4, 0.5) is 5.69 Å². The first-order valence-corrected chi connectivity index (χ1v) is 13.8. The van der Waals surface area contributed by atoms with E-state index >= 15 is 0 Å². The number of nitrogens with zero attached hydrogens (tertiary/aromatic N) is 4. The molecule has 2 aliphatic heterocycles. The van der Waals surface area contributed by atoms with Crippen molar-refractivity contribution < 1.29 is 19.1 Å². The largest absolute Gasteiger partial charge is 0.377 e. The Bertz CT molecular complexity index is 1420. The molecule has 2 atom stereocenters. The second kappa shape index (κ2) is 10.9. The Balaban J connectivity index is 1.32. The van der Waals surface area contributed by atoms with Crippen molar-refractivity contribution in [2.45, 2.75) is 45.3 Å². The highest BCUT2D eigenvalue weighted by atomic mass is 16.5. The predicted octanol–water partition coefficient (Wildman–Crippen LogP) is 4.53. The number of ether oxygens (including phenoxy) is 1. The maximum atomic E-state index is 13.7. The van der Waals surface area contributed by atoms with Crippen molar-refractivity contribution in [2.75, 3.05) is 38.7 Å². The minimum Gasteiger partial charge on any atom is -0.377 e. The molecule has 9 heteroatoms. The summed E-state index contributed by atoms with van der Waals surface area (Å²) < 4.78 is 5.47. The van der Waals surface area contributed by atoms with Crippen LogP contribution < -0.4 is 4.90 Å². The van der Waals surface area contributed by atoms with E-state index in [1.807, 2.05) is 76.3 Å². The van der Waals surface area contributed by atoms with Gasteiger partial charge in [-0.15, -0.1) is 0 Å². The van der Waals surface area contributed by atoms with Gasteiger partial charge in [-0.3, -0.25) is 24.4 Å². The average molecular weight is 544 g/mol. The molecule has 0 spiro atoms. The number of methoxy groups -OCH3 is 1. The first-order chi connectivity index (χ1) is 19.1. The number of amides is 3. The molecule has 1 saturated heterocycles. The summed E-state index contributed by atoms with van der Waals surface area (Å²) in [6.07, 6.45) is 1.58. The zero-order valence-corrected chi connectivity index (χ0v) is 23.8. The molecule has 40 heavy (non-hydrogen) atoms. The molecule has 2 aliphatic rings. The van der Waals surface area contributed by atoms with Gasteiger partial charge in [-0.25, -0.2) is 0 Å². The fourth-order valence-corrected chi connectivity index (χ4v) is 5.56. The number of carbonyl (C=O) groups excluding carboxylic acids is 3. The predicted molar refractivity (Wildman–Crippen MR) is 153 cm³/mol. The Morgan fingerprint density at radius 1 is 1.15 bits per heavy atom. The molecular formula is C31H37N5O4. The van der Waals surface area contributed by atoms with Crippen LogP contribution in [0.1, 0.15) is 66.1 Å². The van der Waals surface area contributed by atoms with Gasteiger partial charge in [-0.2, -0.15) is 5.10 Å². The van der Waals surface area contributed by atoms with Gasteiger partial charge in [0.1, 0.15) is 0 Å². The topological polar surface area (TPSA) is 98.8 Å². The highest BCUT2D eigenvalue weighted by molar-refractivity contribution is 6.23. The minimum atomic E-state index is -0.659. The van der Waals surface area contributed by atoms with Crippen LogP contribution in [0.2, 0.25) is 0 Å². The number of hydrogen-bond donors (Lipinski definition) is 1. The third kappa shape index (κ3) is 5.13. The summed E-state index contributed by atoms with van der Waals surface area (Å²) in [5, 5.41) is 7.55. The summed E-state index contributed by atoms with van der Waals surface area (Å²) in [5.74, 6) is -0.802. The third-order valence-electron chi connectivity index (χ3n) is 8.23. The summed E-state index contributed by atoms with van der Waals surface area (Å²) in [6.45, 7) is 7.05. The SMILES string of the molecule is COC(C)(C)CN1C(=O)c2cccc(N3CCC[C@H](C(=O)N(C)[C@@H](C)c4cc(-c5ccccc5)n[nH]4)C3)c2C1=O. The zero-order valence-electron chi connectivity index (χ0n) is 23.8. The molecule has 1 aromatic heterocycles. The van der Waals surface area contributed by atoms with E-state index in [0.29, 0.717) is 29.9 Å². The van der Waals surface area contributed by atoms with Gasteiger partial charge in [-0.05, 0) is 51.8 Å². The van der Waals surface area contributed by atoms with E-state index in [-0.39, 0.29) is 36.2 Å². The summed E-state index contributed by atoms with van der Waals surface area (Å²) in [6, 6.07) is 17.1. The lowest BCUT2D eigenvalue weighted by atomic mass is 9.94. The number of imide groups is 1. The van der Waals surface area contributed by atoms with Crippen LogP contribution in [-0.4, -0.2) is 77.1 Å². The second-order valence-corrected chi connectivity index (χ2v) is 11.3. The molecule has 5 rings (SSSR count). The van der Waals surface area contributed by atoms with E-state index in [1.54, 1.807) is 18.1 Å². The highest BCUT2D eigenvalue weighted by Crippen LogP contribution is 2.35. The molecule has 3 heterocycles. The average Bonchev–Trinajstić information content (AvgIpc) is 3.56. The lowest BCUT2D eigenvalue weighted by Gasteiger charge is -2.37. The van der Waals surface area contributed by atoms with Gasteiger partial charge in [0.05, 0.1) is 52.3 Å². The van der Waals surface area contributed by atoms with E-state index < -0.39 is 5.60 Å². The Morgan fingerprint density at radius 3 is 2.62 bits per heavy atom. The Kier molecular flexibility index (Phi) is 7.51. The minimum absolute atomic E-state index is 0.0477. The maximum Gasteiger partial charge on any atom is 0.263 e. The number of hydrogen-bond acceptors (Lipinski definition) is 6. The number of aromatic nitrogens is 2. The van der Waals surface area contributed by atoms with Gasteiger partial charge < -0.3 is 14.5 Å².